The van der Waals surface area contributed by atoms with Crippen molar-refractivity contribution < 1.29 is 4.74 Å². The van der Waals surface area contributed by atoms with Gasteiger partial charge in [0.2, 0.25) is 0 Å². The van der Waals surface area contributed by atoms with E-state index in [4.69, 9.17) is 27.9 Å². The molecular formula is C15H13BrCl2O. The Labute approximate surface area is 131 Å². The lowest BCUT2D eigenvalue weighted by atomic mass is 10.0. The molecule has 0 radical (unpaired) electrons. The monoisotopic (exact) mass is 358 g/mol. The van der Waals surface area contributed by atoms with Gasteiger partial charge in [0.15, 0.2) is 0 Å². The minimum absolute atomic E-state index is 0.300. The van der Waals surface area contributed by atoms with E-state index in [1.54, 1.807) is 13.2 Å². The summed E-state index contributed by atoms with van der Waals surface area (Å²) in [5.74, 6) is 0.713. The number of hydrogen-bond acceptors (Lipinski definition) is 1. The van der Waals surface area contributed by atoms with Crippen LogP contribution in [-0.4, -0.2) is 7.11 Å². The summed E-state index contributed by atoms with van der Waals surface area (Å²) in [6.07, 6.45) is 0. The largest absolute Gasteiger partial charge is 0.495 e. The van der Waals surface area contributed by atoms with Gasteiger partial charge in [0.25, 0.3) is 0 Å². The van der Waals surface area contributed by atoms with Crippen molar-refractivity contribution in [3.63, 3.8) is 0 Å². The lowest BCUT2D eigenvalue weighted by Crippen LogP contribution is -1.98. The molecule has 0 saturated heterocycles. The average Bonchev–Trinajstić information content (AvgIpc) is 2.38. The molecule has 0 aliphatic carbocycles. The summed E-state index contributed by atoms with van der Waals surface area (Å²) < 4.78 is 6.21. The van der Waals surface area contributed by atoms with Crippen molar-refractivity contribution in [2.45, 2.75) is 12.3 Å². The summed E-state index contributed by atoms with van der Waals surface area (Å²) in [5, 5.41) is 0.325. The van der Waals surface area contributed by atoms with Crippen LogP contribution in [0.15, 0.2) is 40.9 Å². The maximum Gasteiger partial charge on any atom is 0.138 e. The molecule has 0 bridgehead atoms. The highest BCUT2D eigenvalue weighted by atomic mass is 79.9. The predicted octanol–water partition coefficient (Wildman–Crippen LogP) is 5.75. The highest BCUT2D eigenvalue weighted by Gasteiger charge is 2.18. The highest BCUT2D eigenvalue weighted by Crippen LogP contribution is 2.41. The Morgan fingerprint density at radius 3 is 2.37 bits per heavy atom. The smallest absolute Gasteiger partial charge is 0.138 e. The van der Waals surface area contributed by atoms with Crippen LogP contribution in [0.5, 0.6) is 5.75 Å². The molecule has 100 valence electrons. The summed E-state index contributed by atoms with van der Waals surface area (Å²) in [5.41, 5.74) is 3.07. The number of ether oxygens (including phenoxy) is 1. The van der Waals surface area contributed by atoms with E-state index >= 15 is 0 Å². The Morgan fingerprint density at radius 2 is 1.79 bits per heavy atom. The molecule has 19 heavy (non-hydrogen) atoms. The van der Waals surface area contributed by atoms with Crippen molar-refractivity contribution in [3.05, 3.63) is 62.6 Å². The van der Waals surface area contributed by atoms with E-state index < -0.39 is 0 Å². The molecule has 2 aromatic carbocycles. The first kappa shape index (κ1) is 14.7. The van der Waals surface area contributed by atoms with Crippen LogP contribution in [-0.2, 0) is 0 Å². The van der Waals surface area contributed by atoms with E-state index in [0.717, 1.165) is 15.6 Å². The second-order valence-corrected chi connectivity index (χ2v) is 6.01. The second kappa shape index (κ2) is 6.17. The molecule has 0 spiro atoms. The molecule has 0 aliphatic heterocycles. The Hall–Kier alpha value is -0.700. The Bertz CT molecular complexity index is 581. The first-order valence-corrected chi connectivity index (χ1v) is 7.37. The first-order chi connectivity index (χ1) is 9.02. The van der Waals surface area contributed by atoms with Gasteiger partial charge < -0.3 is 4.74 Å². The van der Waals surface area contributed by atoms with Crippen LogP contribution < -0.4 is 4.74 Å². The third-order valence-electron chi connectivity index (χ3n) is 2.88. The summed E-state index contributed by atoms with van der Waals surface area (Å²) in [7, 11) is 1.62. The fourth-order valence-electron chi connectivity index (χ4n) is 1.90. The third kappa shape index (κ3) is 3.25. The molecule has 1 nitrogen and oxygen atoms in total. The average molecular weight is 360 g/mol. The SMILES string of the molecule is COc1c(Br)cc(Cl)cc1C(Cl)c1ccc(C)cc1. The van der Waals surface area contributed by atoms with Gasteiger partial charge in [0, 0.05) is 10.6 Å². The minimum atomic E-state index is -0.300. The van der Waals surface area contributed by atoms with Crippen molar-refractivity contribution >= 4 is 39.1 Å². The third-order valence-corrected chi connectivity index (χ3v) is 4.18. The van der Waals surface area contributed by atoms with Gasteiger partial charge in [-0.15, -0.1) is 11.6 Å². The summed E-state index contributed by atoms with van der Waals surface area (Å²) in [6.45, 7) is 2.05. The maximum atomic E-state index is 6.55. The van der Waals surface area contributed by atoms with Crippen LogP contribution >= 0.6 is 39.1 Å². The second-order valence-electron chi connectivity index (χ2n) is 4.28. The van der Waals surface area contributed by atoms with E-state index in [0.29, 0.717) is 10.8 Å². The molecule has 1 unspecified atom stereocenters. The molecule has 2 rings (SSSR count). The van der Waals surface area contributed by atoms with Gasteiger partial charge in [-0.2, -0.15) is 0 Å². The lowest BCUT2D eigenvalue weighted by Gasteiger charge is -2.16. The summed E-state index contributed by atoms with van der Waals surface area (Å²) in [4.78, 5) is 0. The molecule has 0 aromatic heterocycles. The van der Waals surface area contributed by atoms with Crippen LogP contribution in [0.3, 0.4) is 0 Å². The molecule has 0 N–H and O–H groups in total. The lowest BCUT2D eigenvalue weighted by molar-refractivity contribution is 0.407. The van der Waals surface area contributed by atoms with Crippen molar-refractivity contribution in [2.24, 2.45) is 0 Å². The van der Waals surface area contributed by atoms with E-state index in [1.165, 1.54) is 5.56 Å². The van der Waals surface area contributed by atoms with Gasteiger partial charge >= 0.3 is 0 Å². The zero-order valence-corrected chi connectivity index (χ0v) is 13.7. The van der Waals surface area contributed by atoms with Crippen LogP contribution in [0.4, 0.5) is 0 Å². The molecule has 2 aromatic rings. The number of benzene rings is 2. The Kier molecular flexibility index (Phi) is 4.77. The van der Waals surface area contributed by atoms with Crippen molar-refractivity contribution in [1.29, 1.82) is 0 Å². The van der Waals surface area contributed by atoms with Gasteiger partial charge in [-0.05, 0) is 40.5 Å². The fourth-order valence-corrected chi connectivity index (χ4v) is 3.20. The summed E-state index contributed by atoms with van der Waals surface area (Å²) >= 11 is 16.1. The predicted molar refractivity (Wildman–Crippen MR) is 84.6 cm³/mol. The van der Waals surface area contributed by atoms with Crippen LogP contribution in [0.25, 0.3) is 0 Å². The molecule has 0 saturated carbocycles. The zero-order chi connectivity index (χ0) is 14.0. The van der Waals surface area contributed by atoms with Gasteiger partial charge in [-0.1, -0.05) is 41.4 Å². The van der Waals surface area contributed by atoms with Crippen LogP contribution in [0, 0.1) is 6.92 Å². The quantitative estimate of drug-likeness (QED) is 0.634. The van der Waals surface area contributed by atoms with Gasteiger partial charge in [-0.3, -0.25) is 0 Å². The molecule has 0 fully saturated rings. The molecule has 4 heteroatoms. The normalized spacial score (nSPS) is 12.3. The number of aryl methyl sites for hydroxylation is 1. The zero-order valence-electron chi connectivity index (χ0n) is 10.6. The van der Waals surface area contributed by atoms with E-state index in [-0.39, 0.29) is 5.38 Å². The maximum absolute atomic E-state index is 6.55. The number of hydrogen-bond donors (Lipinski definition) is 0. The summed E-state index contributed by atoms with van der Waals surface area (Å²) in [6, 6.07) is 11.7. The molecule has 1 atom stereocenters. The van der Waals surface area contributed by atoms with Crippen LogP contribution in [0.1, 0.15) is 22.1 Å². The van der Waals surface area contributed by atoms with E-state index in [1.807, 2.05) is 37.3 Å². The number of methoxy groups -OCH3 is 1. The first-order valence-electron chi connectivity index (χ1n) is 5.76. The van der Waals surface area contributed by atoms with Gasteiger partial charge in [0.05, 0.1) is 17.0 Å². The van der Waals surface area contributed by atoms with Crippen LogP contribution in [0.2, 0.25) is 5.02 Å². The van der Waals surface area contributed by atoms with Gasteiger partial charge in [-0.25, -0.2) is 0 Å². The molecular weight excluding hydrogens is 347 g/mol. The Balaban J connectivity index is 2.48. The Morgan fingerprint density at radius 1 is 1.16 bits per heavy atom. The molecule has 0 heterocycles. The number of alkyl halides is 1. The highest BCUT2D eigenvalue weighted by molar-refractivity contribution is 9.10. The van der Waals surface area contributed by atoms with E-state index in [9.17, 15) is 0 Å². The van der Waals surface area contributed by atoms with Crippen molar-refractivity contribution in [2.75, 3.05) is 7.11 Å². The molecule has 0 amide bonds. The van der Waals surface area contributed by atoms with Crippen molar-refractivity contribution in [1.82, 2.24) is 0 Å². The minimum Gasteiger partial charge on any atom is -0.495 e. The number of rotatable bonds is 3. The topological polar surface area (TPSA) is 9.23 Å². The van der Waals surface area contributed by atoms with Gasteiger partial charge in [0.1, 0.15) is 5.75 Å². The van der Waals surface area contributed by atoms with E-state index in [2.05, 4.69) is 15.9 Å². The standard InChI is InChI=1S/C15H13BrCl2O/c1-9-3-5-10(6-4-9)14(18)12-7-11(17)8-13(16)15(12)19-2/h3-8,14H,1-2H3. The number of halogens is 3. The fraction of sp³-hybridized carbons (Fsp3) is 0.200. The molecule has 0 aliphatic rings. The van der Waals surface area contributed by atoms with Crippen molar-refractivity contribution in [3.8, 4) is 5.75 Å².